The number of hydrogen-bond donors (Lipinski definition) is 1. The normalized spacial score (nSPS) is 10.9. The van der Waals surface area contributed by atoms with Crippen LogP contribution in [0.15, 0.2) is 21.3 Å². The standard InChI is InChI=1S/C13H17Br2N5O/c1-3-20-12(10(14)7-17-20)13(21)16-5-4-6-19-8-11(15)9(2)18-19/h7-8H,3-6H2,1-2H3,(H,16,21). The van der Waals surface area contributed by atoms with Crippen molar-refractivity contribution in [2.75, 3.05) is 6.54 Å². The van der Waals surface area contributed by atoms with Gasteiger partial charge in [-0.3, -0.25) is 14.2 Å². The van der Waals surface area contributed by atoms with Gasteiger partial charge in [-0.25, -0.2) is 0 Å². The number of carbonyl (C=O) groups excluding carboxylic acids is 1. The number of hydrogen-bond acceptors (Lipinski definition) is 3. The summed E-state index contributed by atoms with van der Waals surface area (Å²) in [5.74, 6) is -0.112. The quantitative estimate of drug-likeness (QED) is 0.733. The fraction of sp³-hybridized carbons (Fsp3) is 0.462. The summed E-state index contributed by atoms with van der Waals surface area (Å²) in [4.78, 5) is 12.1. The Hall–Kier alpha value is -1.15. The molecule has 0 saturated carbocycles. The topological polar surface area (TPSA) is 64.7 Å². The first kappa shape index (κ1) is 16.2. The van der Waals surface area contributed by atoms with E-state index in [1.54, 1.807) is 10.9 Å². The third-order valence-electron chi connectivity index (χ3n) is 3.05. The van der Waals surface area contributed by atoms with Crippen LogP contribution < -0.4 is 5.32 Å². The fourth-order valence-corrected chi connectivity index (χ4v) is 2.75. The number of nitrogens with zero attached hydrogens (tertiary/aromatic N) is 4. The zero-order valence-corrected chi connectivity index (χ0v) is 15.1. The Morgan fingerprint density at radius 3 is 2.76 bits per heavy atom. The predicted octanol–water partition coefficient (Wildman–Crippen LogP) is 2.75. The van der Waals surface area contributed by atoms with Gasteiger partial charge in [0.15, 0.2) is 0 Å². The van der Waals surface area contributed by atoms with Crippen LogP contribution in [-0.4, -0.2) is 32.0 Å². The van der Waals surface area contributed by atoms with Crippen LogP contribution in [0, 0.1) is 6.92 Å². The van der Waals surface area contributed by atoms with Crippen LogP contribution >= 0.6 is 31.9 Å². The van der Waals surface area contributed by atoms with Crippen molar-refractivity contribution in [2.24, 2.45) is 0 Å². The minimum absolute atomic E-state index is 0.112. The first-order chi connectivity index (χ1) is 10.0. The van der Waals surface area contributed by atoms with Gasteiger partial charge in [-0.2, -0.15) is 10.2 Å². The first-order valence-electron chi connectivity index (χ1n) is 6.72. The number of halogens is 2. The number of nitrogens with one attached hydrogen (secondary N) is 1. The summed E-state index contributed by atoms with van der Waals surface area (Å²) in [6, 6.07) is 0. The van der Waals surface area contributed by atoms with Gasteiger partial charge in [0.25, 0.3) is 5.91 Å². The molecule has 114 valence electrons. The van der Waals surface area contributed by atoms with Crippen molar-refractivity contribution >= 4 is 37.8 Å². The van der Waals surface area contributed by atoms with Gasteiger partial charge in [-0.05, 0) is 52.1 Å². The number of carbonyl (C=O) groups is 1. The summed E-state index contributed by atoms with van der Waals surface area (Å²) in [6.45, 7) is 5.92. The Morgan fingerprint density at radius 2 is 2.14 bits per heavy atom. The van der Waals surface area contributed by atoms with Gasteiger partial charge in [0, 0.05) is 25.8 Å². The van der Waals surface area contributed by atoms with Gasteiger partial charge in [-0.1, -0.05) is 0 Å². The monoisotopic (exact) mass is 417 g/mol. The Labute approximate surface area is 140 Å². The largest absolute Gasteiger partial charge is 0.351 e. The highest BCUT2D eigenvalue weighted by Crippen LogP contribution is 2.16. The molecule has 21 heavy (non-hydrogen) atoms. The first-order valence-corrected chi connectivity index (χ1v) is 8.30. The molecule has 0 atom stereocenters. The van der Waals surface area contributed by atoms with Crippen molar-refractivity contribution in [3.05, 3.63) is 32.7 Å². The molecule has 0 spiro atoms. The summed E-state index contributed by atoms with van der Waals surface area (Å²) in [5, 5.41) is 11.4. The van der Waals surface area contributed by atoms with Gasteiger partial charge >= 0.3 is 0 Å². The van der Waals surface area contributed by atoms with Crippen molar-refractivity contribution in [3.63, 3.8) is 0 Å². The molecule has 0 fully saturated rings. The SMILES string of the molecule is CCn1ncc(Br)c1C(=O)NCCCn1cc(Br)c(C)n1. The summed E-state index contributed by atoms with van der Waals surface area (Å²) >= 11 is 6.78. The second kappa shape index (κ2) is 7.22. The lowest BCUT2D eigenvalue weighted by atomic mass is 10.3. The molecule has 0 unspecified atom stereocenters. The summed E-state index contributed by atoms with van der Waals surface area (Å²) in [7, 11) is 0. The average molecular weight is 419 g/mol. The lowest BCUT2D eigenvalue weighted by Crippen LogP contribution is -2.28. The smallest absolute Gasteiger partial charge is 0.270 e. The van der Waals surface area contributed by atoms with Crippen molar-refractivity contribution in [1.29, 1.82) is 0 Å². The molecular formula is C13H17Br2N5O. The third-order valence-corrected chi connectivity index (χ3v) is 4.40. The second-order valence-electron chi connectivity index (χ2n) is 4.59. The fourth-order valence-electron chi connectivity index (χ4n) is 1.96. The molecule has 0 aliphatic carbocycles. The maximum Gasteiger partial charge on any atom is 0.270 e. The lowest BCUT2D eigenvalue weighted by molar-refractivity contribution is 0.0941. The van der Waals surface area contributed by atoms with E-state index in [1.165, 1.54) is 0 Å². The van der Waals surface area contributed by atoms with Gasteiger partial charge in [-0.15, -0.1) is 0 Å². The molecular weight excluding hydrogens is 402 g/mol. The van der Waals surface area contributed by atoms with Crippen LogP contribution in [0.3, 0.4) is 0 Å². The van der Waals surface area contributed by atoms with Gasteiger partial charge in [0.1, 0.15) is 5.69 Å². The molecule has 2 aromatic heterocycles. The molecule has 6 nitrogen and oxygen atoms in total. The van der Waals surface area contributed by atoms with Crippen molar-refractivity contribution in [3.8, 4) is 0 Å². The minimum Gasteiger partial charge on any atom is -0.351 e. The molecule has 0 aromatic carbocycles. The van der Waals surface area contributed by atoms with Crippen LogP contribution in [0.1, 0.15) is 29.5 Å². The third kappa shape index (κ3) is 3.94. The van der Waals surface area contributed by atoms with E-state index in [2.05, 4.69) is 47.4 Å². The molecule has 8 heteroatoms. The maximum atomic E-state index is 12.1. The van der Waals surface area contributed by atoms with Crippen LogP contribution in [0.2, 0.25) is 0 Å². The minimum atomic E-state index is -0.112. The molecule has 1 N–H and O–H groups in total. The second-order valence-corrected chi connectivity index (χ2v) is 6.30. The molecule has 0 radical (unpaired) electrons. The highest BCUT2D eigenvalue weighted by Gasteiger charge is 2.15. The number of rotatable bonds is 6. The predicted molar refractivity (Wildman–Crippen MR) is 87.2 cm³/mol. The molecule has 0 aliphatic heterocycles. The van der Waals surface area contributed by atoms with E-state index in [1.807, 2.05) is 24.7 Å². The van der Waals surface area contributed by atoms with E-state index in [4.69, 9.17) is 0 Å². The molecule has 2 heterocycles. The molecule has 0 bridgehead atoms. The Bertz CT molecular complexity index is 615. The van der Waals surface area contributed by atoms with Crippen LogP contribution in [0.5, 0.6) is 0 Å². The zero-order valence-electron chi connectivity index (χ0n) is 11.9. The Morgan fingerprint density at radius 1 is 1.38 bits per heavy atom. The molecule has 1 amide bonds. The highest BCUT2D eigenvalue weighted by atomic mass is 79.9. The van der Waals surface area contributed by atoms with Crippen molar-refractivity contribution < 1.29 is 4.79 Å². The van der Waals surface area contributed by atoms with E-state index < -0.39 is 0 Å². The molecule has 2 rings (SSSR count). The van der Waals surface area contributed by atoms with Crippen LogP contribution in [0.4, 0.5) is 0 Å². The van der Waals surface area contributed by atoms with Gasteiger partial charge in [0.05, 0.1) is 20.8 Å². The van der Waals surface area contributed by atoms with Crippen LogP contribution in [-0.2, 0) is 13.1 Å². The zero-order chi connectivity index (χ0) is 15.4. The van der Waals surface area contributed by atoms with Crippen LogP contribution in [0.25, 0.3) is 0 Å². The van der Waals surface area contributed by atoms with Crippen molar-refractivity contribution in [2.45, 2.75) is 33.4 Å². The maximum absolute atomic E-state index is 12.1. The summed E-state index contributed by atoms with van der Waals surface area (Å²) < 4.78 is 5.27. The summed E-state index contributed by atoms with van der Waals surface area (Å²) in [6.07, 6.45) is 4.40. The van der Waals surface area contributed by atoms with E-state index in [0.29, 0.717) is 23.3 Å². The molecule has 0 saturated heterocycles. The summed E-state index contributed by atoms with van der Waals surface area (Å²) in [5.41, 5.74) is 1.53. The molecule has 2 aromatic rings. The van der Waals surface area contributed by atoms with E-state index in [9.17, 15) is 4.79 Å². The van der Waals surface area contributed by atoms with E-state index in [0.717, 1.165) is 23.1 Å². The number of amides is 1. The van der Waals surface area contributed by atoms with Crippen molar-refractivity contribution in [1.82, 2.24) is 24.9 Å². The average Bonchev–Trinajstić information content (AvgIpc) is 2.98. The van der Waals surface area contributed by atoms with E-state index in [-0.39, 0.29) is 5.91 Å². The molecule has 0 aliphatic rings. The van der Waals surface area contributed by atoms with Gasteiger partial charge in [0.2, 0.25) is 0 Å². The van der Waals surface area contributed by atoms with E-state index >= 15 is 0 Å². The number of aryl methyl sites for hydroxylation is 3. The van der Waals surface area contributed by atoms with Gasteiger partial charge < -0.3 is 5.32 Å². The Balaban J connectivity index is 1.83. The highest BCUT2D eigenvalue weighted by molar-refractivity contribution is 9.10. The lowest BCUT2D eigenvalue weighted by Gasteiger charge is -2.07. The number of aromatic nitrogens is 4. The Kier molecular flexibility index (Phi) is 5.58.